The van der Waals surface area contributed by atoms with Crippen molar-refractivity contribution < 1.29 is 13.9 Å². The van der Waals surface area contributed by atoms with E-state index < -0.39 is 18.0 Å². The van der Waals surface area contributed by atoms with Crippen LogP contribution in [0.15, 0.2) is 48.5 Å². The molecule has 2 aromatic rings. The van der Waals surface area contributed by atoms with Crippen molar-refractivity contribution in [1.29, 1.82) is 0 Å². The molecular weight excluding hydrogens is 271 g/mol. The summed E-state index contributed by atoms with van der Waals surface area (Å²) in [6, 6.07) is 13.7. The van der Waals surface area contributed by atoms with E-state index >= 15 is 0 Å². The molecule has 0 aliphatic heterocycles. The highest BCUT2D eigenvalue weighted by Gasteiger charge is 2.26. The largest absolute Gasteiger partial charge is 0.497 e. The Morgan fingerprint density at radius 3 is 2.33 bits per heavy atom. The van der Waals surface area contributed by atoms with Gasteiger partial charge in [0.2, 0.25) is 0 Å². The van der Waals surface area contributed by atoms with E-state index in [-0.39, 0.29) is 0 Å². The molecule has 2 unspecified atom stereocenters. The predicted octanol–water partition coefficient (Wildman–Crippen LogP) is 2.73. The topological polar surface area (TPSA) is 56.5 Å². The SMILES string of the molecule is COc1ccc(C(NN)C(OC)c2ccccc2)c(F)c1. The second-order valence-corrected chi connectivity index (χ2v) is 4.60. The number of halogens is 1. The summed E-state index contributed by atoms with van der Waals surface area (Å²) in [7, 11) is 3.07. The quantitative estimate of drug-likeness (QED) is 0.634. The third-order valence-corrected chi connectivity index (χ3v) is 3.41. The molecule has 0 heterocycles. The second kappa shape index (κ2) is 7.17. The van der Waals surface area contributed by atoms with Gasteiger partial charge in [-0.05, 0) is 11.6 Å². The number of hydrogen-bond donors (Lipinski definition) is 2. The van der Waals surface area contributed by atoms with Crippen LogP contribution in [0.1, 0.15) is 23.3 Å². The fourth-order valence-corrected chi connectivity index (χ4v) is 2.33. The van der Waals surface area contributed by atoms with Gasteiger partial charge in [-0.3, -0.25) is 5.84 Å². The zero-order valence-electron chi connectivity index (χ0n) is 12.0. The minimum Gasteiger partial charge on any atom is -0.497 e. The summed E-state index contributed by atoms with van der Waals surface area (Å²) in [6.45, 7) is 0. The van der Waals surface area contributed by atoms with Gasteiger partial charge in [0.15, 0.2) is 0 Å². The summed E-state index contributed by atoms with van der Waals surface area (Å²) in [6.07, 6.45) is -0.404. The van der Waals surface area contributed by atoms with Gasteiger partial charge in [-0.2, -0.15) is 0 Å². The Morgan fingerprint density at radius 1 is 1.10 bits per heavy atom. The van der Waals surface area contributed by atoms with Crippen molar-refractivity contribution in [3.05, 3.63) is 65.5 Å². The molecule has 0 radical (unpaired) electrons. The van der Waals surface area contributed by atoms with Gasteiger partial charge in [0.1, 0.15) is 17.7 Å². The fraction of sp³-hybridized carbons (Fsp3) is 0.250. The molecule has 0 saturated carbocycles. The first-order valence-corrected chi connectivity index (χ1v) is 6.58. The number of ether oxygens (including phenoxy) is 2. The summed E-state index contributed by atoms with van der Waals surface area (Å²) in [5, 5.41) is 0. The van der Waals surface area contributed by atoms with Gasteiger partial charge in [-0.25, -0.2) is 9.82 Å². The van der Waals surface area contributed by atoms with Crippen LogP contribution in [0.5, 0.6) is 5.75 Å². The van der Waals surface area contributed by atoms with E-state index in [9.17, 15) is 4.39 Å². The van der Waals surface area contributed by atoms with E-state index in [4.69, 9.17) is 15.3 Å². The number of rotatable bonds is 6. The molecule has 0 spiro atoms. The molecule has 21 heavy (non-hydrogen) atoms. The molecule has 0 aromatic heterocycles. The first kappa shape index (κ1) is 15.4. The van der Waals surface area contributed by atoms with Crippen LogP contribution in [0.3, 0.4) is 0 Å². The number of hydrazine groups is 1. The van der Waals surface area contributed by atoms with Crippen LogP contribution in [0.25, 0.3) is 0 Å². The lowest BCUT2D eigenvalue weighted by molar-refractivity contribution is 0.0664. The lowest BCUT2D eigenvalue weighted by Crippen LogP contribution is -2.34. The molecule has 0 bridgehead atoms. The van der Waals surface area contributed by atoms with Crippen LogP contribution in [0.2, 0.25) is 0 Å². The Labute approximate surface area is 123 Å². The van der Waals surface area contributed by atoms with E-state index in [2.05, 4.69) is 5.43 Å². The average Bonchev–Trinajstić information content (AvgIpc) is 2.53. The van der Waals surface area contributed by atoms with Crippen LogP contribution in [0, 0.1) is 5.82 Å². The van der Waals surface area contributed by atoms with Crippen molar-refractivity contribution in [3.63, 3.8) is 0 Å². The summed E-state index contributed by atoms with van der Waals surface area (Å²) >= 11 is 0. The Morgan fingerprint density at radius 2 is 1.81 bits per heavy atom. The van der Waals surface area contributed by atoms with Crippen LogP contribution in [0.4, 0.5) is 4.39 Å². The van der Waals surface area contributed by atoms with Gasteiger partial charge in [0, 0.05) is 18.7 Å². The lowest BCUT2D eigenvalue weighted by Gasteiger charge is -2.26. The minimum atomic E-state index is -0.511. The Hall–Kier alpha value is -1.95. The number of nitrogens with two attached hydrogens (primary N) is 1. The molecule has 0 aliphatic rings. The van der Waals surface area contributed by atoms with Gasteiger partial charge in [-0.15, -0.1) is 0 Å². The molecule has 3 N–H and O–H groups in total. The zero-order chi connectivity index (χ0) is 15.2. The van der Waals surface area contributed by atoms with Crippen molar-refractivity contribution in [2.45, 2.75) is 12.1 Å². The smallest absolute Gasteiger partial charge is 0.131 e. The van der Waals surface area contributed by atoms with Crippen LogP contribution in [-0.4, -0.2) is 14.2 Å². The normalized spacial score (nSPS) is 13.7. The number of benzene rings is 2. The number of hydrogen-bond acceptors (Lipinski definition) is 4. The third-order valence-electron chi connectivity index (χ3n) is 3.41. The van der Waals surface area contributed by atoms with Gasteiger partial charge in [-0.1, -0.05) is 36.4 Å². The third kappa shape index (κ3) is 3.39. The highest BCUT2D eigenvalue weighted by molar-refractivity contribution is 5.33. The number of nitrogens with one attached hydrogen (secondary N) is 1. The molecule has 2 atom stereocenters. The van der Waals surface area contributed by atoms with Crippen LogP contribution in [-0.2, 0) is 4.74 Å². The molecular formula is C16H19FN2O2. The van der Waals surface area contributed by atoms with Crippen molar-refractivity contribution in [3.8, 4) is 5.75 Å². The van der Waals surface area contributed by atoms with Gasteiger partial charge < -0.3 is 9.47 Å². The monoisotopic (exact) mass is 290 g/mol. The second-order valence-electron chi connectivity index (χ2n) is 4.60. The molecule has 0 saturated heterocycles. The first-order valence-electron chi connectivity index (χ1n) is 6.58. The van der Waals surface area contributed by atoms with Crippen molar-refractivity contribution in [1.82, 2.24) is 5.43 Å². The number of methoxy groups -OCH3 is 2. The van der Waals surface area contributed by atoms with Gasteiger partial charge >= 0.3 is 0 Å². The molecule has 0 aliphatic carbocycles. The maximum Gasteiger partial charge on any atom is 0.131 e. The maximum atomic E-state index is 14.3. The molecule has 112 valence electrons. The first-order chi connectivity index (χ1) is 10.2. The van der Waals surface area contributed by atoms with Crippen molar-refractivity contribution in [2.75, 3.05) is 14.2 Å². The summed E-state index contributed by atoms with van der Waals surface area (Å²) in [4.78, 5) is 0. The molecule has 5 heteroatoms. The van der Waals surface area contributed by atoms with E-state index in [0.29, 0.717) is 11.3 Å². The molecule has 0 amide bonds. The van der Waals surface area contributed by atoms with E-state index in [1.807, 2.05) is 30.3 Å². The zero-order valence-corrected chi connectivity index (χ0v) is 12.0. The van der Waals surface area contributed by atoms with Gasteiger partial charge in [0.05, 0.1) is 13.2 Å². The maximum absolute atomic E-state index is 14.3. The molecule has 2 rings (SSSR count). The molecule has 0 fully saturated rings. The highest BCUT2D eigenvalue weighted by atomic mass is 19.1. The summed E-state index contributed by atoms with van der Waals surface area (Å²) in [5.74, 6) is 5.70. The summed E-state index contributed by atoms with van der Waals surface area (Å²) in [5.41, 5.74) is 3.98. The van der Waals surface area contributed by atoms with Crippen molar-refractivity contribution in [2.24, 2.45) is 5.84 Å². The Bertz CT molecular complexity index is 578. The van der Waals surface area contributed by atoms with Crippen LogP contribution >= 0.6 is 0 Å². The average molecular weight is 290 g/mol. The van der Waals surface area contributed by atoms with E-state index in [1.54, 1.807) is 19.2 Å². The van der Waals surface area contributed by atoms with Crippen LogP contribution < -0.4 is 16.0 Å². The predicted molar refractivity (Wildman–Crippen MR) is 79.2 cm³/mol. The molecule has 2 aromatic carbocycles. The lowest BCUT2D eigenvalue weighted by atomic mass is 9.95. The standard InChI is InChI=1S/C16H19FN2O2/c1-20-12-8-9-13(14(17)10-12)15(19-18)16(21-2)11-6-4-3-5-7-11/h3-10,15-16,19H,18H2,1-2H3. The van der Waals surface area contributed by atoms with Crippen molar-refractivity contribution >= 4 is 0 Å². The Kier molecular flexibility index (Phi) is 5.27. The Balaban J connectivity index is 2.38. The summed E-state index contributed by atoms with van der Waals surface area (Å²) < 4.78 is 24.8. The minimum absolute atomic E-state index is 0.393. The molecule has 4 nitrogen and oxygen atoms in total. The van der Waals surface area contributed by atoms with E-state index in [1.165, 1.54) is 13.2 Å². The fourth-order valence-electron chi connectivity index (χ4n) is 2.33. The van der Waals surface area contributed by atoms with Gasteiger partial charge in [0.25, 0.3) is 0 Å². The van der Waals surface area contributed by atoms with E-state index in [0.717, 1.165) is 5.56 Å². The highest BCUT2D eigenvalue weighted by Crippen LogP contribution is 2.33.